The Kier molecular flexibility index (Phi) is 4.48. The molecule has 5 atom stereocenters. The summed E-state index contributed by atoms with van der Waals surface area (Å²) in [6, 6.07) is 4.43. The smallest absolute Gasteiger partial charge is 0.119 e. The summed E-state index contributed by atoms with van der Waals surface area (Å²) in [5.74, 6) is 3.75. The average Bonchev–Trinajstić information content (AvgIpc) is 3.32. The third-order valence-electron chi connectivity index (χ3n) is 8.70. The molecule has 0 aliphatic heterocycles. The Bertz CT molecular complexity index is 846. The van der Waals surface area contributed by atoms with E-state index in [-0.39, 0.29) is 0 Å². The predicted octanol–water partition coefficient (Wildman–Crippen LogP) is 5.11. The lowest BCUT2D eigenvalue weighted by Crippen LogP contribution is -2.42. The van der Waals surface area contributed by atoms with Crippen molar-refractivity contribution in [3.63, 3.8) is 0 Å². The summed E-state index contributed by atoms with van der Waals surface area (Å²) in [6.07, 6.45) is 13.8. The highest BCUT2D eigenvalue weighted by molar-refractivity contribution is 5.45. The van der Waals surface area contributed by atoms with Crippen LogP contribution >= 0.6 is 0 Å². The monoisotopic (exact) mass is 379 g/mol. The second kappa shape index (κ2) is 6.89. The summed E-state index contributed by atoms with van der Waals surface area (Å²) in [4.78, 5) is 0. The Labute approximate surface area is 168 Å². The van der Waals surface area contributed by atoms with Gasteiger partial charge in [0.05, 0.1) is 0 Å². The number of phenols is 1. The molecule has 2 aromatic rings. The number of phenolic OH excluding ortho intramolecular Hbond substituents is 1. The van der Waals surface area contributed by atoms with E-state index >= 15 is 0 Å². The van der Waals surface area contributed by atoms with Crippen LogP contribution in [0.2, 0.25) is 0 Å². The van der Waals surface area contributed by atoms with Crippen LogP contribution in [0.4, 0.5) is 0 Å². The van der Waals surface area contributed by atoms with Crippen molar-refractivity contribution < 1.29 is 5.11 Å². The number of aryl methyl sites for hydroxylation is 3. The quantitative estimate of drug-likeness (QED) is 0.803. The van der Waals surface area contributed by atoms with Crippen molar-refractivity contribution in [1.29, 1.82) is 0 Å². The summed E-state index contributed by atoms with van der Waals surface area (Å²) in [5, 5.41) is 18.2. The molecule has 5 rings (SSSR count). The Hall–Kier alpha value is -1.84. The first-order valence-corrected chi connectivity index (χ1v) is 11.3. The number of aromatic hydroxyl groups is 1. The van der Waals surface area contributed by atoms with Gasteiger partial charge in [-0.2, -0.15) is 0 Å². The Morgan fingerprint density at radius 3 is 2.75 bits per heavy atom. The SMILES string of the molecule is CCc1cc2c(cc1O)CC[C@@H]1[C@@H]2CC[C@]2(C)[C@@H](CCn3cnnc3)CC[C@@H]12. The highest BCUT2D eigenvalue weighted by Crippen LogP contribution is 2.63. The van der Waals surface area contributed by atoms with E-state index < -0.39 is 0 Å². The van der Waals surface area contributed by atoms with E-state index in [1.807, 2.05) is 12.7 Å². The topological polar surface area (TPSA) is 50.9 Å². The summed E-state index contributed by atoms with van der Waals surface area (Å²) in [6.45, 7) is 5.80. The number of benzene rings is 1. The standard InChI is InChI=1S/C24H33N3O/c1-3-16-12-21-17(13-23(16)28)4-6-20-19(21)8-10-24(2)18(5-7-22(20)24)9-11-27-14-25-26-15-27/h12-15,18-20,22,28H,3-11H2,1-2H3/t18-,19+,20-,22+,24-/m1/s1. The lowest BCUT2D eigenvalue weighted by Gasteiger charge is -2.51. The number of fused-ring (bicyclic) bond motifs is 5. The van der Waals surface area contributed by atoms with Crippen LogP contribution in [0.25, 0.3) is 0 Å². The number of hydrogen-bond acceptors (Lipinski definition) is 3. The number of nitrogens with zero attached hydrogens (tertiary/aromatic N) is 3. The molecular weight excluding hydrogens is 346 g/mol. The third kappa shape index (κ3) is 2.79. The second-order valence-electron chi connectivity index (χ2n) is 9.76. The molecule has 0 radical (unpaired) electrons. The van der Waals surface area contributed by atoms with Crippen molar-refractivity contribution >= 4 is 0 Å². The summed E-state index contributed by atoms with van der Waals surface area (Å²) in [7, 11) is 0. The maximum atomic E-state index is 10.3. The zero-order valence-corrected chi connectivity index (χ0v) is 17.3. The molecule has 1 aromatic carbocycles. The summed E-state index contributed by atoms with van der Waals surface area (Å²) < 4.78 is 2.14. The minimum atomic E-state index is 0.497. The molecule has 150 valence electrons. The average molecular weight is 380 g/mol. The van der Waals surface area contributed by atoms with E-state index in [4.69, 9.17) is 0 Å². The van der Waals surface area contributed by atoms with Gasteiger partial charge in [-0.05, 0) is 103 Å². The van der Waals surface area contributed by atoms with Gasteiger partial charge in [0.15, 0.2) is 0 Å². The van der Waals surface area contributed by atoms with Crippen LogP contribution in [0.15, 0.2) is 24.8 Å². The fourth-order valence-electron chi connectivity index (χ4n) is 7.16. The second-order valence-corrected chi connectivity index (χ2v) is 9.76. The third-order valence-corrected chi connectivity index (χ3v) is 8.70. The van der Waals surface area contributed by atoms with Gasteiger partial charge in [-0.3, -0.25) is 0 Å². The van der Waals surface area contributed by atoms with Crippen LogP contribution in [0.3, 0.4) is 0 Å². The maximum absolute atomic E-state index is 10.3. The minimum absolute atomic E-state index is 0.497. The van der Waals surface area contributed by atoms with Crippen LogP contribution < -0.4 is 0 Å². The molecule has 4 heteroatoms. The molecule has 3 aliphatic rings. The van der Waals surface area contributed by atoms with Crippen LogP contribution in [0.1, 0.15) is 75.0 Å². The van der Waals surface area contributed by atoms with Crippen LogP contribution in [0.5, 0.6) is 5.75 Å². The molecule has 0 amide bonds. The van der Waals surface area contributed by atoms with E-state index in [1.165, 1.54) is 44.1 Å². The molecule has 0 unspecified atom stereocenters. The molecular formula is C24H33N3O. The fourth-order valence-corrected chi connectivity index (χ4v) is 7.16. The zero-order chi connectivity index (χ0) is 19.3. The molecule has 28 heavy (non-hydrogen) atoms. The molecule has 1 N–H and O–H groups in total. The number of rotatable bonds is 4. The van der Waals surface area contributed by atoms with Crippen molar-refractivity contribution in [2.75, 3.05) is 0 Å². The first kappa shape index (κ1) is 18.2. The summed E-state index contributed by atoms with van der Waals surface area (Å²) >= 11 is 0. The highest BCUT2D eigenvalue weighted by Gasteiger charge is 2.54. The van der Waals surface area contributed by atoms with E-state index in [0.29, 0.717) is 17.1 Å². The molecule has 2 saturated carbocycles. The minimum Gasteiger partial charge on any atom is -0.508 e. The van der Waals surface area contributed by atoms with Crippen molar-refractivity contribution in [2.45, 2.75) is 77.7 Å². The van der Waals surface area contributed by atoms with Crippen LogP contribution in [-0.2, 0) is 19.4 Å². The van der Waals surface area contributed by atoms with E-state index in [1.54, 1.807) is 5.56 Å². The van der Waals surface area contributed by atoms with Gasteiger partial charge < -0.3 is 9.67 Å². The van der Waals surface area contributed by atoms with Crippen LogP contribution in [-0.4, -0.2) is 19.9 Å². The molecule has 0 saturated heterocycles. The molecule has 4 nitrogen and oxygen atoms in total. The van der Waals surface area contributed by atoms with Gasteiger partial charge in [0.2, 0.25) is 0 Å². The molecule has 1 aromatic heterocycles. The van der Waals surface area contributed by atoms with Crippen LogP contribution in [0, 0.1) is 23.2 Å². The van der Waals surface area contributed by atoms with Crippen molar-refractivity contribution in [3.05, 3.63) is 41.5 Å². The fraction of sp³-hybridized carbons (Fsp3) is 0.667. The van der Waals surface area contributed by atoms with Crippen molar-refractivity contribution in [2.24, 2.45) is 23.2 Å². The van der Waals surface area contributed by atoms with E-state index in [2.05, 4.69) is 40.7 Å². The molecule has 1 heterocycles. The van der Waals surface area contributed by atoms with E-state index in [9.17, 15) is 5.11 Å². The first-order chi connectivity index (χ1) is 13.6. The molecule has 0 spiro atoms. The lowest BCUT2D eigenvalue weighted by atomic mass is 9.54. The number of aromatic nitrogens is 3. The Morgan fingerprint density at radius 2 is 1.96 bits per heavy atom. The Morgan fingerprint density at radius 1 is 1.14 bits per heavy atom. The first-order valence-electron chi connectivity index (χ1n) is 11.3. The van der Waals surface area contributed by atoms with E-state index in [0.717, 1.165) is 42.7 Å². The Balaban J connectivity index is 1.37. The van der Waals surface area contributed by atoms with Crippen molar-refractivity contribution in [1.82, 2.24) is 14.8 Å². The summed E-state index contributed by atoms with van der Waals surface area (Å²) in [5.41, 5.74) is 4.62. The highest BCUT2D eigenvalue weighted by atomic mass is 16.3. The van der Waals surface area contributed by atoms with Crippen molar-refractivity contribution in [3.8, 4) is 5.75 Å². The molecule has 0 bridgehead atoms. The number of hydrogen-bond donors (Lipinski definition) is 1. The van der Waals surface area contributed by atoms with Gasteiger partial charge >= 0.3 is 0 Å². The van der Waals surface area contributed by atoms with Gasteiger partial charge in [-0.15, -0.1) is 10.2 Å². The van der Waals surface area contributed by atoms with Gasteiger partial charge in [-0.1, -0.05) is 19.9 Å². The van der Waals surface area contributed by atoms with Gasteiger partial charge in [0, 0.05) is 6.54 Å². The molecule has 3 aliphatic carbocycles. The normalized spacial score (nSPS) is 33.9. The van der Waals surface area contributed by atoms with Gasteiger partial charge in [0.25, 0.3) is 0 Å². The lowest BCUT2D eigenvalue weighted by molar-refractivity contribution is 0.0246. The predicted molar refractivity (Wildman–Crippen MR) is 110 cm³/mol. The zero-order valence-electron chi connectivity index (χ0n) is 17.3. The van der Waals surface area contributed by atoms with Gasteiger partial charge in [0.1, 0.15) is 18.4 Å². The largest absolute Gasteiger partial charge is 0.508 e. The molecule has 2 fully saturated rings. The van der Waals surface area contributed by atoms with Gasteiger partial charge in [-0.25, -0.2) is 0 Å². The maximum Gasteiger partial charge on any atom is 0.119 e.